The number of carbonyl (C=O) groups excluding carboxylic acids is 1. The van der Waals surface area contributed by atoms with Crippen molar-refractivity contribution in [2.45, 2.75) is 44.2 Å². The number of nitrogens with one attached hydrogen (secondary N) is 1. The molecule has 1 amide bonds. The highest BCUT2D eigenvalue weighted by Crippen LogP contribution is 2.23. The summed E-state index contributed by atoms with van der Waals surface area (Å²) in [6, 6.07) is -0.798. The third kappa shape index (κ3) is 2.76. The maximum atomic E-state index is 12.4. The van der Waals surface area contributed by atoms with E-state index in [1.165, 1.54) is 4.90 Å². The first-order valence-corrected chi connectivity index (χ1v) is 7.27. The van der Waals surface area contributed by atoms with Gasteiger partial charge in [0, 0.05) is 6.54 Å². The summed E-state index contributed by atoms with van der Waals surface area (Å²) in [6.07, 6.45) is 4.01. The number of carboxylic acid groups (broad SMARTS) is 1. The number of aromatic nitrogens is 2. The number of hydrogen-bond acceptors (Lipinski definition) is 6. The fourth-order valence-electron chi connectivity index (χ4n) is 2.92. The van der Waals surface area contributed by atoms with Gasteiger partial charge in [-0.05, 0) is 38.6 Å². The minimum atomic E-state index is -0.982. The van der Waals surface area contributed by atoms with Gasteiger partial charge in [-0.2, -0.15) is 4.98 Å². The summed E-state index contributed by atoms with van der Waals surface area (Å²) in [6.45, 7) is 1.31. The molecule has 2 aliphatic heterocycles. The molecule has 8 heteroatoms. The van der Waals surface area contributed by atoms with Crippen LogP contribution in [0.3, 0.4) is 0 Å². The third-order valence-electron chi connectivity index (χ3n) is 4.04. The number of carboxylic acids is 1. The average molecular weight is 294 g/mol. The molecule has 0 aromatic carbocycles. The van der Waals surface area contributed by atoms with Crippen LogP contribution in [0.25, 0.3) is 0 Å². The largest absolute Gasteiger partial charge is 0.480 e. The number of nitrogens with zero attached hydrogens (tertiary/aromatic N) is 3. The number of amides is 1. The van der Waals surface area contributed by atoms with Gasteiger partial charge in [0.15, 0.2) is 0 Å². The Morgan fingerprint density at radius 2 is 2.14 bits per heavy atom. The molecule has 0 bridgehead atoms. The highest BCUT2D eigenvalue weighted by Gasteiger charge is 2.35. The number of piperidine rings is 1. The maximum Gasteiger partial charge on any atom is 0.326 e. The molecule has 8 nitrogen and oxygen atoms in total. The van der Waals surface area contributed by atoms with Gasteiger partial charge in [-0.3, -0.25) is 4.79 Å². The first-order valence-electron chi connectivity index (χ1n) is 7.27. The van der Waals surface area contributed by atoms with Crippen LogP contribution in [0.4, 0.5) is 0 Å². The number of likely N-dealkylation sites (tertiary alicyclic amines) is 1. The number of aliphatic carboxylic acids is 1. The van der Waals surface area contributed by atoms with E-state index in [4.69, 9.17) is 4.52 Å². The highest BCUT2D eigenvalue weighted by atomic mass is 16.5. The van der Waals surface area contributed by atoms with Crippen molar-refractivity contribution in [2.24, 2.45) is 0 Å². The van der Waals surface area contributed by atoms with Crippen molar-refractivity contribution in [1.82, 2.24) is 20.4 Å². The van der Waals surface area contributed by atoms with Crippen LogP contribution in [0.5, 0.6) is 0 Å². The molecule has 1 aromatic rings. The molecule has 0 saturated carbocycles. The van der Waals surface area contributed by atoms with Crippen LogP contribution < -0.4 is 5.32 Å². The molecule has 2 aliphatic rings. The van der Waals surface area contributed by atoms with Gasteiger partial charge < -0.3 is 19.8 Å². The van der Waals surface area contributed by atoms with Crippen molar-refractivity contribution in [1.29, 1.82) is 0 Å². The summed E-state index contributed by atoms with van der Waals surface area (Å²) in [4.78, 5) is 29.1. The van der Waals surface area contributed by atoms with Crippen LogP contribution in [0, 0.1) is 0 Å². The number of hydrogen-bond donors (Lipinski definition) is 2. The molecule has 0 aliphatic carbocycles. The molecule has 2 atom stereocenters. The normalized spacial score (nSPS) is 26.0. The first kappa shape index (κ1) is 14.0. The fraction of sp³-hybridized carbons (Fsp3) is 0.692. The van der Waals surface area contributed by atoms with E-state index in [-0.39, 0.29) is 11.9 Å². The van der Waals surface area contributed by atoms with E-state index >= 15 is 0 Å². The van der Waals surface area contributed by atoms with Crippen molar-refractivity contribution in [3.8, 4) is 0 Å². The Morgan fingerprint density at radius 1 is 1.29 bits per heavy atom. The molecule has 2 fully saturated rings. The zero-order valence-electron chi connectivity index (χ0n) is 11.6. The maximum absolute atomic E-state index is 12.4. The quantitative estimate of drug-likeness (QED) is 0.839. The lowest BCUT2D eigenvalue weighted by Gasteiger charge is -2.31. The molecule has 0 radical (unpaired) electrons. The van der Waals surface area contributed by atoms with E-state index < -0.39 is 17.9 Å². The zero-order valence-corrected chi connectivity index (χ0v) is 11.6. The van der Waals surface area contributed by atoms with Gasteiger partial charge in [-0.1, -0.05) is 5.16 Å². The van der Waals surface area contributed by atoms with Gasteiger partial charge in [0.05, 0.1) is 6.04 Å². The second-order valence-corrected chi connectivity index (χ2v) is 5.45. The van der Waals surface area contributed by atoms with Crippen LogP contribution >= 0.6 is 0 Å². The molecule has 1 unspecified atom stereocenters. The molecule has 2 saturated heterocycles. The highest BCUT2D eigenvalue weighted by molar-refractivity contribution is 5.93. The summed E-state index contributed by atoms with van der Waals surface area (Å²) in [5.74, 6) is -1.09. The van der Waals surface area contributed by atoms with E-state index in [0.29, 0.717) is 18.9 Å². The van der Waals surface area contributed by atoms with Crippen LogP contribution in [-0.4, -0.2) is 51.2 Å². The molecular formula is C13H18N4O4. The topological polar surface area (TPSA) is 109 Å². The molecule has 3 rings (SSSR count). The number of rotatable bonds is 3. The molecule has 3 heterocycles. The van der Waals surface area contributed by atoms with Crippen molar-refractivity contribution in [3.05, 3.63) is 11.7 Å². The fourth-order valence-corrected chi connectivity index (χ4v) is 2.92. The van der Waals surface area contributed by atoms with Gasteiger partial charge in [-0.25, -0.2) is 4.79 Å². The van der Waals surface area contributed by atoms with Crippen LogP contribution in [0.15, 0.2) is 4.52 Å². The lowest BCUT2D eigenvalue weighted by molar-refractivity contribution is -0.143. The van der Waals surface area contributed by atoms with E-state index in [1.807, 2.05) is 0 Å². The first-order chi connectivity index (χ1) is 10.2. The molecule has 114 valence electrons. The standard InChI is InChI=1S/C13H18N4O4/c18-12(17-7-2-1-5-9(17)13(19)20)10-15-11(21-16-10)8-4-3-6-14-8/h8-9,14H,1-7H2,(H,19,20)/t8?,9-/m0/s1. The van der Waals surface area contributed by atoms with Crippen LogP contribution in [0.2, 0.25) is 0 Å². The van der Waals surface area contributed by atoms with E-state index in [1.54, 1.807) is 0 Å². The van der Waals surface area contributed by atoms with Crippen molar-refractivity contribution >= 4 is 11.9 Å². The van der Waals surface area contributed by atoms with Crippen LogP contribution in [0.1, 0.15) is 54.7 Å². The smallest absolute Gasteiger partial charge is 0.326 e. The Hall–Kier alpha value is -1.96. The SMILES string of the molecule is O=C(O)[C@@H]1CCCCN1C(=O)c1noc(C2CCCN2)n1. The molecular weight excluding hydrogens is 276 g/mol. The Balaban J connectivity index is 1.76. The van der Waals surface area contributed by atoms with Crippen molar-refractivity contribution in [3.63, 3.8) is 0 Å². The van der Waals surface area contributed by atoms with Gasteiger partial charge in [0.25, 0.3) is 11.7 Å². The lowest BCUT2D eigenvalue weighted by Crippen LogP contribution is -2.48. The molecule has 0 spiro atoms. The summed E-state index contributed by atoms with van der Waals surface area (Å²) < 4.78 is 5.14. The second kappa shape index (κ2) is 5.80. The van der Waals surface area contributed by atoms with Crippen LogP contribution in [-0.2, 0) is 4.79 Å². The van der Waals surface area contributed by atoms with Gasteiger partial charge in [-0.15, -0.1) is 0 Å². The summed E-state index contributed by atoms with van der Waals surface area (Å²) in [5.41, 5.74) is 0. The van der Waals surface area contributed by atoms with Gasteiger partial charge in [0.1, 0.15) is 6.04 Å². The van der Waals surface area contributed by atoms with E-state index in [2.05, 4.69) is 15.5 Å². The lowest BCUT2D eigenvalue weighted by atomic mass is 10.0. The van der Waals surface area contributed by atoms with Gasteiger partial charge >= 0.3 is 5.97 Å². The summed E-state index contributed by atoms with van der Waals surface area (Å²) in [7, 11) is 0. The Kier molecular flexibility index (Phi) is 3.87. The third-order valence-corrected chi connectivity index (χ3v) is 4.04. The van der Waals surface area contributed by atoms with Crippen molar-refractivity contribution in [2.75, 3.05) is 13.1 Å². The predicted octanol–water partition coefficient (Wildman–Crippen LogP) is 0.573. The Labute approximate surface area is 121 Å². The van der Waals surface area contributed by atoms with Gasteiger partial charge in [0.2, 0.25) is 5.89 Å². The van der Waals surface area contributed by atoms with E-state index in [0.717, 1.165) is 32.2 Å². The summed E-state index contributed by atoms with van der Waals surface area (Å²) >= 11 is 0. The minimum Gasteiger partial charge on any atom is -0.480 e. The molecule has 2 N–H and O–H groups in total. The van der Waals surface area contributed by atoms with E-state index in [9.17, 15) is 14.7 Å². The zero-order chi connectivity index (χ0) is 14.8. The monoisotopic (exact) mass is 294 g/mol. The summed E-state index contributed by atoms with van der Waals surface area (Å²) in [5, 5.41) is 16.1. The average Bonchev–Trinajstić information content (AvgIpc) is 3.17. The minimum absolute atomic E-state index is 0.00400. The molecule has 1 aromatic heterocycles. The number of carbonyl (C=O) groups is 2. The Bertz CT molecular complexity index is 538. The predicted molar refractivity (Wildman–Crippen MR) is 70.6 cm³/mol. The Morgan fingerprint density at radius 3 is 2.86 bits per heavy atom. The molecule has 21 heavy (non-hydrogen) atoms. The second-order valence-electron chi connectivity index (χ2n) is 5.45. The van der Waals surface area contributed by atoms with Crippen molar-refractivity contribution < 1.29 is 19.2 Å².